The standard InChI is InChI=1S/C13H17N3O3/c1-10-9-11(3-4-12(10)16(18)19)13(17)15-7-5-14(2)6-8-15/h3-4,9H,5-8H2,1-2H3/p+1. The summed E-state index contributed by atoms with van der Waals surface area (Å²) < 4.78 is 0. The van der Waals surface area contributed by atoms with E-state index in [4.69, 9.17) is 0 Å². The lowest BCUT2D eigenvalue weighted by atomic mass is 10.1. The Bertz CT molecular complexity index is 508. The first-order chi connectivity index (χ1) is 8.99. The van der Waals surface area contributed by atoms with E-state index in [2.05, 4.69) is 7.05 Å². The molecule has 19 heavy (non-hydrogen) atoms. The molecule has 1 N–H and O–H groups in total. The Balaban J connectivity index is 2.16. The van der Waals surface area contributed by atoms with Gasteiger partial charge < -0.3 is 9.80 Å². The SMILES string of the molecule is Cc1cc(C(=O)N2CC[NH+](C)CC2)ccc1[N+](=O)[O-]. The summed E-state index contributed by atoms with van der Waals surface area (Å²) in [5.41, 5.74) is 1.11. The maximum atomic E-state index is 12.3. The molecule has 102 valence electrons. The maximum Gasteiger partial charge on any atom is 0.272 e. The Kier molecular flexibility index (Phi) is 3.80. The number of likely N-dealkylation sites (N-methyl/N-ethyl adjacent to an activating group) is 1. The molecule has 6 nitrogen and oxygen atoms in total. The van der Waals surface area contributed by atoms with Crippen LogP contribution in [0.15, 0.2) is 18.2 Å². The molecule has 0 unspecified atom stereocenters. The van der Waals surface area contributed by atoms with Crippen LogP contribution in [0.5, 0.6) is 0 Å². The van der Waals surface area contributed by atoms with Crippen LogP contribution in [0.3, 0.4) is 0 Å². The van der Waals surface area contributed by atoms with Gasteiger partial charge in [0.2, 0.25) is 0 Å². The van der Waals surface area contributed by atoms with Gasteiger partial charge in [0.15, 0.2) is 0 Å². The number of hydrogen-bond donors (Lipinski definition) is 1. The lowest BCUT2D eigenvalue weighted by Gasteiger charge is -2.30. The Morgan fingerprint density at radius 2 is 2.00 bits per heavy atom. The number of carbonyl (C=O) groups excluding carboxylic acids is 1. The molecule has 6 heteroatoms. The molecule has 0 aliphatic carbocycles. The second kappa shape index (κ2) is 5.36. The fourth-order valence-corrected chi connectivity index (χ4v) is 2.27. The minimum atomic E-state index is -0.428. The van der Waals surface area contributed by atoms with Gasteiger partial charge in [-0.25, -0.2) is 0 Å². The molecule has 0 atom stereocenters. The predicted octanol–water partition coefficient (Wildman–Crippen LogP) is -0.126. The van der Waals surface area contributed by atoms with E-state index in [1.807, 2.05) is 4.90 Å². The van der Waals surface area contributed by atoms with Crippen LogP contribution in [0.25, 0.3) is 0 Å². The largest absolute Gasteiger partial charge is 0.334 e. The highest BCUT2D eigenvalue weighted by Crippen LogP contribution is 2.19. The number of quaternary nitrogens is 1. The van der Waals surface area contributed by atoms with Crippen molar-refractivity contribution in [1.82, 2.24) is 4.90 Å². The molecule has 0 saturated carbocycles. The number of hydrogen-bond acceptors (Lipinski definition) is 3. The van der Waals surface area contributed by atoms with Crippen molar-refractivity contribution in [2.45, 2.75) is 6.92 Å². The van der Waals surface area contributed by atoms with E-state index < -0.39 is 4.92 Å². The molecular weight excluding hydrogens is 246 g/mol. The average Bonchev–Trinajstić information content (AvgIpc) is 2.38. The van der Waals surface area contributed by atoms with Crippen molar-refractivity contribution in [3.63, 3.8) is 0 Å². The number of nitrogens with zero attached hydrogens (tertiary/aromatic N) is 2. The van der Waals surface area contributed by atoms with E-state index in [1.165, 1.54) is 11.0 Å². The van der Waals surface area contributed by atoms with Crippen molar-refractivity contribution in [1.29, 1.82) is 0 Å². The molecule has 0 bridgehead atoms. The van der Waals surface area contributed by atoms with Gasteiger partial charge in [-0.3, -0.25) is 14.9 Å². The molecule has 0 aromatic heterocycles. The molecule has 2 rings (SSSR count). The number of nitro benzene ring substituents is 1. The van der Waals surface area contributed by atoms with Gasteiger partial charge in [-0.2, -0.15) is 0 Å². The average molecular weight is 264 g/mol. The molecule has 1 heterocycles. The quantitative estimate of drug-likeness (QED) is 0.598. The van der Waals surface area contributed by atoms with E-state index in [-0.39, 0.29) is 11.6 Å². The Hall–Kier alpha value is -1.95. The fraction of sp³-hybridized carbons (Fsp3) is 0.462. The number of nitro groups is 1. The second-order valence-corrected chi connectivity index (χ2v) is 5.01. The first kappa shape index (κ1) is 13.5. The van der Waals surface area contributed by atoms with Crippen molar-refractivity contribution >= 4 is 11.6 Å². The summed E-state index contributed by atoms with van der Waals surface area (Å²) >= 11 is 0. The van der Waals surface area contributed by atoms with Crippen LogP contribution in [0.2, 0.25) is 0 Å². The van der Waals surface area contributed by atoms with Gasteiger partial charge in [0.25, 0.3) is 11.6 Å². The van der Waals surface area contributed by atoms with E-state index in [0.29, 0.717) is 11.1 Å². The highest BCUT2D eigenvalue weighted by atomic mass is 16.6. The lowest BCUT2D eigenvalue weighted by molar-refractivity contribution is -0.883. The third kappa shape index (κ3) is 2.90. The van der Waals surface area contributed by atoms with Crippen LogP contribution < -0.4 is 4.90 Å². The second-order valence-electron chi connectivity index (χ2n) is 5.01. The summed E-state index contributed by atoms with van der Waals surface area (Å²) in [6, 6.07) is 4.55. The van der Waals surface area contributed by atoms with E-state index in [9.17, 15) is 14.9 Å². The summed E-state index contributed by atoms with van der Waals surface area (Å²) in [7, 11) is 2.11. The van der Waals surface area contributed by atoms with Crippen molar-refractivity contribution in [2.24, 2.45) is 0 Å². The Morgan fingerprint density at radius 1 is 1.37 bits per heavy atom. The summed E-state index contributed by atoms with van der Waals surface area (Å²) in [5.74, 6) is -0.0366. The van der Waals surface area contributed by atoms with E-state index in [1.54, 1.807) is 19.1 Å². The van der Waals surface area contributed by atoms with Gasteiger partial charge in [0.1, 0.15) is 0 Å². The number of rotatable bonds is 2. The van der Waals surface area contributed by atoms with Crippen LogP contribution in [0, 0.1) is 17.0 Å². The van der Waals surface area contributed by atoms with Gasteiger partial charge in [-0.15, -0.1) is 0 Å². The van der Waals surface area contributed by atoms with Crippen molar-refractivity contribution < 1.29 is 14.6 Å². The summed E-state index contributed by atoms with van der Waals surface area (Å²) in [6.07, 6.45) is 0. The lowest BCUT2D eigenvalue weighted by Crippen LogP contribution is -3.12. The minimum Gasteiger partial charge on any atom is -0.334 e. The number of nitrogens with one attached hydrogen (secondary N) is 1. The number of benzene rings is 1. The molecule has 1 aromatic carbocycles. The summed E-state index contributed by atoms with van der Waals surface area (Å²) in [4.78, 5) is 25.8. The summed E-state index contributed by atoms with van der Waals surface area (Å²) in [6.45, 7) is 5.01. The van der Waals surface area contributed by atoms with Gasteiger partial charge in [0.05, 0.1) is 38.2 Å². The molecule has 1 aliphatic rings. The molecule has 0 radical (unpaired) electrons. The minimum absolute atomic E-state index is 0.0366. The van der Waals surface area contributed by atoms with E-state index >= 15 is 0 Å². The predicted molar refractivity (Wildman–Crippen MR) is 70.4 cm³/mol. The Morgan fingerprint density at radius 3 is 2.53 bits per heavy atom. The first-order valence-corrected chi connectivity index (χ1v) is 6.34. The van der Waals surface area contributed by atoms with Crippen LogP contribution >= 0.6 is 0 Å². The molecule has 1 amide bonds. The highest BCUT2D eigenvalue weighted by Gasteiger charge is 2.23. The molecule has 0 spiro atoms. The van der Waals surface area contributed by atoms with Crippen LogP contribution in [-0.4, -0.2) is 49.0 Å². The number of carbonyl (C=O) groups is 1. The van der Waals surface area contributed by atoms with Gasteiger partial charge in [-0.1, -0.05) is 0 Å². The monoisotopic (exact) mass is 264 g/mol. The number of aryl methyl sites for hydroxylation is 1. The van der Waals surface area contributed by atoms with Crippen molar-refractivity contribution in [3.8, 4) is 0 Å². The molecule has 1 aliphatic heterocycles. The first-order valence-electron chi connectivity index (χ1n) is 6.34. The maximum absolute atomic E-state index is 12.3. The zero-order valence-corrected chi connectivity index (χ0v) is 11.2. The van der Waals surface area contributed by atoms with Gasteiger partial charge >= 0.3 is 0 Å². The van der Waals surface area contributed by atoms with Gasteiger partial charge in [0, 0.05) is 17.2 Å². The topological polar surface area (TPSA) is 67.9 Å². The fourth-order valence-electron chi connectivity index (χ4n) is 2.27. The third-order valence-electron chi connectivity index (χ3n) is 3.54. The number of piperazine rings is 1. The Labute approximate surface area is 111 Å². The van der Waals surface area contributed by atoms with Crippen LogP contribution in [0.4, 0.5) is 5.69 Å². The summed E-state index contributed by atoms with van der Waals surface area (Å²) in [5, 5.41) is 10.7. The number of amides is 1. The molecule has 1 fully saturated rings. The highest BCUT2D eigenvalue weighted by molar-refractivity contribution is 5.94. The molecular formula is C13H18N3O3+. The smallest absolute Gasteiger partial charge is 0.272 e. The van der Waals surface area contributed by atoms with Crippen molar-refractivity contribution in [3.05, 3.63) is 39.4 Å². The molecule has 1 saturated heterocycles. The normalized spacial score (nSPS) is 16.4. The third-order valence-corrected chi connectivity index (χ3v) is 3.54. The molecule has 1 aromatic rings. The zero-order valence-electron chi connectivity index (χ0n) is 11.2. The van der Waals surface area contributed by atoms with Gasteiger partial charge in [-0.05, 0) is 19.1 Å². The van der Waals surface area contributed by atoms with Crippen LogP contribution in [0.1, 0.15) is 15.9 Å². The zero-order chi connectivity index (χ0) is 14.0. The van der Waals surface area contributed by atoms with Crippen LogP contribution in [-0.2, 0) is 0 Å². The van der Waals surface area contributed by atoms with Crippen molar-refractivity contribution in [2.75, 3.05) is 33.2 Å². The van der Waals surface area contributed by atoms with E-state index in [0.717, 1.165) is 26.2 Å².